The number of anilines is 1. The van der Waals surface area contributed by atoms with Crippen LogP contribution >= 0.6 is 11.6 Å². The number of nitrogens with zero attached hydrogens (tertiary/aromatic N) is 1. The second-order valence-corrected chi connectivity index (χ2v) is 4.85. The van der Waals surface area contributed by atoms with Crippen molar-refractivity contribution in [3.05, 3.63) is 64.7 Å². The van der Waals surface area contributed by atoms with Gasteiger partial charge in [-0.3, -0.25) is 4.79 Å². The summed E-state index contributed by atoms with van der Waals surface area (Å²) in [4.78, 5) is 13.9. The summed E-state index contributed by atoms with van der Waals surface area (Å²) in [6.07, 6.45) is 0.447. The van der Waals surface area contributed by atoms with E-state index in [9.17, 15) is 4.79 Å². The minimum Gasteiger partial charge on any atom is -0.307 e. The van der Waals surface area contributed by atoms with Crippen molar-refractivity contribution in [3.8, 4) is 0 Å². The van der Waals surface area contributed by atoms with Gasteiger partial charge >= 0.3 is 0 Å². The van der Waals surface area contributed by atoms with Gasteiger partial charge in [-0.25, -0.2) is 0 Å². The summed E-state index contributed by atoms with van der Waals surface area (Å²) >= 11 is 5.95. The Morgan fingerprint density at radius 2 is 1.89 bits per heavy atom. The molecule has 18 heavy (non-hydrogen) atoms. The van der Waals surface area contributed by atoms with E-state index in [0.717, 1.165) is 16.8 Å². The van der Waals surface area contributed by atoms with Gasteiger partial charge in [-0.2, -0.15) is 0 Å². The van der Waals surface area contributed by atoms with Gasteiger partial charge in [0.05, 0.1) is 13.0 Å². The average molecular weight is 258 g/mol. The first kappa shape index (κ1) is 11.3. The number of amides is 1. The summed E-state index contributed by atoms with van der Waals surface area (Å²) in [5, 5.41) is 0.683. The van der Waals surface area contributed by atoms with Crippen LogP contribution in [0.3, 0.4) is 0 Å². The first-order valence-corrected chi connectivity index (χ1v) is 6.24. The van der Waals surface area contributed by atoms with E-state index in [-0.39, 0.29) is 5.91 Å². The van der Waals surface area contributed by atoms with Crippen LogP contribution in [0.25, 0.3) is 0 Å². The van der Waals surface area contributed by atoms with E-state index >= 15 is 0 Å². The van der Waals surface area contributed by atoms with Crippen LogP contribution in [-0.2, 0) is 17.8 Å². The second kappa shape index (κ2) is 4.46. The Morgan fingerprint density at radius 3 is 2.67 bits per heavy atom. The number of rotatable bonds is 2. The van der Waals surface area contributed by atoms with Crippen LogP contribution in [0.5, 0.6) is 0 Å². The molecule has 2 aromatic carbocycles. The Labute approximate surface area is 111 Å². The van der Waals surface area contributed by atoms with Crippen LogP contribution in [0.15, 0.2) is 48.5 Å². The van der Waals surface area contributed by atoms with E-state index < -0.39 is 0 Å². The van der Waals surface area contributed by atoms with E-state index in [0.29, 0.717) is 18.0 Å². The van der Waals surface area contributed by atoms with E-state index in [1.165, 1.54) is 0 Å². The SMILES string of the molecule is O=C1Cc2cc(Cl)ccc2N1Cc1ccccc1. The molecule has 0 N–H and O–H groups in total. The zero-order valence-corrected chi connectivity index (χ0v) is 10.5. The quantitative estimate of drug-likeness (QED) is 0.807. The molecule has 0 spiro atoms. The van der Waals surface area contributed by atoms with E-state index in [1.807, 2.05) is 53.4 Å². The maximum Gasteiger partial charge on any atom is 0.231 e. The number of carbonyl (C=O) groups excluding carboxylic acids is 1. The van der Waals surface area contributed by atoms with Crippen molar-refractivity contribution in [2.24, 2.45) is 0 Å². The zero-order chi connectivity index (χ0) is 12.5. The highest BCUT2D eigenvalue weighted by Crippen LogP contribution is 2.32. The fourth-order valence-corrected chi connectivity index (χ4v) is 2.49. The molecule has 0 aliphatic carbocycles. The summed E-state index contributed by atoms with van der Waals surface area (Å²) in [7, 11) is 0. The largest absolute Gasteiger partial charge is 0.307 e. The number of halogens is 1. The van der Waals surface area contributed by atoms with Crippen molar-refractivity contribution in [2.45, 2.75) is 13.0 Å². The first-order valence-electron chi connectivity index (χ1n) is 5.87. The number of fused-ring (bicyclic) bond motifs is 1. The molecule has 1 aliphatic rings. The Kier molecular flexibility index (Phi) is 2.80. The van der Waals surface area contributed by atoms with Crippen molar-refractivity contribution in [2.75, 3.05) is 4.90 Å². The lowest BCUT2D eigenvalue weighted by Gasteiger charge is -2.17. The van der Waals surface area contributed by atoms with Gasteiger partial charge in [0.2, 0.25) is 5.91 Å². The first-order chi connectivity index (χ1) is 8.74. The summed E-state index contributed by atoms with van der Waals surface area (Å²) in [5.41, 5.74) is 3.13. The third kappa shape index (κ3) is 2.00. The highest BCUT2D eigenvalue weighted by molar-refractivity contribution is 6.30. The van der Waals surface area contributed by atoms with Gasteiger partial charge in [-0.15, -0.1) is 0 Å². The molecule has 0 saturated heterocycles. The van der Waals surface area contributed by atoms with Gasteiger partial charge < -0.3 is 4.90 Å². The molecule has 0 saturated carbocycles. The third-order valence-corrected chi connectivity index (χ3v) is 3.39. The van der Waals surface area contributed by atoms with Crippen LogP contribution in [0.2, 0.25) is 5.02 Å². The molecule has 1 aliphatic heterocycles. The minimum atomic E-state index is 0.135. The number of hydrogen-bond donors (Lipinski definition) is 0. The number of hydrogen-bond acceptors (Lipinski definition) is 1. The lowest BCUT2D eigenvalue weighted by molar-refractivity contribution is -0.117. The molecule has 0 atom stereocenters. The Morgan fingerprint density at radius 1 is 1.11 bits per heavy atom. The van der Waals surface area contributed by atoms with Crippen LogP contribution in [0, 0.1) is 0 Å². The Balaban J connectivity index is 1.93. The van der Waals surface area contributed by atoms with E-state index in [1.54, 1.807) is 0 Å². The van der Waals surface area contributed by atoms with Gasteiger partial charge in [0.25, 0.3) is 0 Å². The van der Waals surface area contributed by atoms with Gasteiger partial charge in [0.1, 0.15) is 0 Å². The molecule has 0 bridgehead atoms. The Hall–Kier alpha value is -1.80. The lowest BCUT2D eigenvalue weighted by Crippen LogP contribution is -2.25. The normalized spacial score (nSPS) is 13.8. The van der Waals surface area contributed by atoms with Crippen molar-refractivity contribution >= 4 is 23.2 Å². The molecule has 3 heteroatoms. The number of carbonyl (C=O) groups is 1. The zero-order valence-electron chi connectivity index (χ0n) is 9.77. The lowest BCUT2D eigenvalue weighted by atomic mass is 10.1. The topological polar surface area (TPSA) is 20.3 Å². The van der Waals surface area contributed by atoms with Crippen molar-refractivity contribution < 1.29 is 4.79 Å². The summed E-state index contributed by atoms with van der Waals surface area (Å²) in [6.45, 7) is 0.619. The summed E-state index contributed by atoms with van der Waals surface area (Å²) in [6, 6.07) is 15.6. The molecular weight excluding hydrogens is 246 g/mol. The van der Waals surface area contributed by atoms with Crippen LogP contribution in [0.1, 0.15) is 11.1 Å². The van der Waals surface area contributed by atoms with Crippen LogP contribution < -0.4 is 4.90 Å². The van der Waals surface area contributed by atoms with Crippen molar-refractivity contribution in [1.82, 2.24) is 0 Å². The number of benzene rings is 2. The monoisotopic (exact) mass is 257 g/mol. The van der Waals surface area contributed by atoms with Gasteiger partial charge in [0, 0.05) is 10.7 Å². The Bertz CT molecular complexity index is 595. The molecule has 0 aromatic heterocycles. The van der Waals surface area contributed by atoms with Crippen molar-refractivity contribution in [3.63, 3.8) is 0 Å². The molecule has 90 valence electrons. The highest BCUT2D eigenvalue weighted by atomic mass is 35.5. The van der Waals surface area contributed by atoms with Crippen molar-refractivity contribution in [1.29, 1.82) is 0 Å². The maximum atomic E-state index is 12.0. The minimum absolute atomic E-state index is 0.135. The predicted molar refractivity (Wildman–Crippen MR) is 72.8 cm³/mol. The molecular formula is C15H12ClNO. The molecule has 1 amide bonds. The molecule has 0 fully saturated rings. The molecule has 2 aromatic rings. The standard InChI is InChI=1S/C15H12ClNO/c16-13-6-7-14-12(8-13)9-15(18)17(14)10-11-4-2-1-3-5-11/h1-8H,9-10H2. The molecule has 2 nitrogen and oxygen atoms in total. The smallest absolute Gasteiger partial charge is 0.231 e. The highest BCUT2D eigenvalue weighted by Gasteiger charge is 2.27. The third-order valence-electron chi connectivity index (χ3n) is 3.16. The van der Waals surface area contributed by atoms with E-state index in [4.69, 9.17) is 11.6 Å². The molecule has 3 rings (SSSR count). The van der Waals surface area contributed by atoms with Crippen LogP contribution in [0.4, 0.5) is 5.69 Å². The summed E-state index contributed by atoms with van der Waals surface area (Å²) < 4.78 is 0. The summed E-state index contributed by atoms with van der Waals surface area (Å²) in [5.74, 6) is 0.135. The van der Waals surface area contributed by atoms with Gasteiger partial charge in [0.15, 0.2) is 0 Å². The fraction of sp³-hybridized carbons (Fsp3) is 0.133. The molecule has 1 heterocycles. The molecule has 0 radical (unpaired) electrons. The van der Waals surface area contributed by atoms with Crippen LogP contribution in [-0.4, -0.2) is 5.91 Å². The second-order valence-electron chi connectivity index (χ2n) is 4.42. The van der Waals surface area contributed by atoms with Gasteiger partial charge in [-0.05, 0) is 29.3 Å². The maximum absolute atomic E-state index is 12.0. The average Bonchev–Trinajstić information content (AvgIpc) is 2.66. The van der Waals surface area contributed by atoms with E-state index in [2.05, 4.69) is 0 Å². The fourth-order valence-electron chi connectivity index (χ4n) is 2.29. The predicted octanol–water partition coefficient (Wildman–Crippen LogP) is 3.43. The van der Waals surface area contributed by atoms with Gasteiger partial charge in [-0.1, -0.05) is 41.9 Å². The molecule has 0 unspecified atom stereocenters.